The SMILES string of the molecule is CCN(CC1(CN)CCOCC1)C(C)COC. The summed E-state index contributed by atoms with van der Waals surface area (Å²) in [5.41, 5.74) is 6.25. The van der Waals surface area contributed by atoms with Crippen molar-refractivity contribution in [2.45, 2.75) is 32.7 Å². The molecule has 0 aromatic carbocycles. The van der Waals surface area contributed by atoms with E-state index in [-0.39, 0.29) is 5.41 Å². The van der Waals surface area contributed by atoms with Crippen LogP contribution in [0.25, 0.3) is 0 Å². The highest BCUT2D eigenvalue weighted by Gasteiger charge is 2.33. The monoisotopic (exact) mass is 244 g/mol. The number of hydrogen-bond acceptors (Lipinski definition) is 4. The summed E-state index contributed by atoms with van der Waals surface area (Å²) in [6.07, 6.45) is 2.17. The molecule has 102 valence electrons. The Hall–Kier alpha value is -0.160. The molecule has 17 heavy (non-hydrogen) atoms. The van der Waals surface area contributed by atoms with E-state index in [0.717, 1.165) is 52.3 Å². The van der Waals surface area contributed by atoms with Crippen LogP contribution in [0.15, 0.2) is 0 Å². The Kier molecular flexibility index (Phi) is 6.41. The van der Waals surface area contributed by atoms with Crippen LogP contribution in [0.1, 0.15) is 26.7 Å². The molecule has 4 heteroatoms. The number of nitrogens with two attached hydrogens (primary N) is 1. The summed E-state index contributed by atoms with van der Waals surface area (Å²) in [4.78, 5) is 2.47. The van der Waals surface area contributed by atoms with Gasteiger partial charge in [-0.25, -0.2) is 0 Å². The molecule has 1 atom stereocenters. The topological polar surface area (TPSA) is 47.7 Å². The molecule has 1 aliphatic heterocycles. The van der Waals surface area contributed by atoms with Crippen molar-refractivity contribution in [1.29, 1.82) is 0 Å². The van der Waals surface area contributed by atoms with Crippen LogP contribution in [0.2, 0.25) is 0 Å². The summed E-state index contributed by atoms with van der Waals surface area (Å²) in [6, 6.07) is 0.455. The number of nitrogens with zero attached hydrogens (tertiary/aromatic N) is 1. The van der Waals surface area contributed by atoms with Crippen LogP contribution in [-0.2, 0) is 9.47 Å². The van der Waals surface area contributed by atoms with Gasteiger partial charge in [0.2, 0.25) is 0 Å². The van der Waals surface area contributed by atoms with Gasteiger partial charge in [0.1, 0.15) is 0 Å². The van der Waals surface area contributed by atoms with E-state index in [1.54, 1.807) is 7.11 Å². The maximum atomic E-state index is 6.00. The van der Waals surface area contributed by atoms with Crippen molar-refractivity contribution < 1.29 is 9.47 Å². The molecule has 4 nitrogen and oxygen atoms in total. The minimum absolute atomic E-state index is 0.246. The van der Waals surface area contributed by atoms with E-state index in [1.165, 1.54) is 0 Å². The fourth-order valence-electron chi connectivity index (χ4n) is 2.59. The number of ether oxygens (including phenoxy) is 2. The van der Waals surface area contributed by atoms with Gasteiger partial charge in [-0.05, 0) is 38.3 Å². The first-order chi connectivity index (χ1) is 8.17. The van der Waals surface area contributed by atoms with Crippen LogP contribution in [0, 0.1) is 5.41 Å². The first-order valence-corrected chi connectivity index (χ1v) is 6.68. The molecule has 1 fully saturated rings. The first kappa shape index (κ1) is 14.9. The molecule has 1 rings (SSSR count). The zero-order valence-electron chi connectivity index (χ0n) is 11.6. The third-order valence-electron chi connectivity index (χ3n) is 3.96. The van der Waals surface area contributed by atoms with Crippen LogP contribution in [-0.4, -0.2) is 57.5 Å². The smallest absolute Gasteiger partial charge is 0.0615 e. The molecule has 2 N–H and O–H groups in total. The molecule has 0 radical (unpaired) electrons. The van der Waals surface area contributed by atoms with Gasteiger partial charge < -0.3 is 15.2 Å². The predicted octanol–water partition coefficient (Wildman–Crippen LogP) is 1.10. The second-order valence-corrected chi connectivity index (χ2v) is 5.18. The molecule has 0 bridgehead atoms. The molecule has 1 saturated heterocycles. The van der Waals surface area contributed by atoms with Crippen LogP contribution < -0.4 is 5.73 Å². The van der Waals surface area contributed by atoms with Gasteiger partial charge in [-0.2, -0.15) is 0 Å². The Balaban J connectivity index is 2.57. The highest BCUT2D eigenvalue weighted by molar-refractivity contribution is 4.87. The molecule has 0 aromatic rings. The van der Waals surface area contributed by atoms with E-state index in [2.05, 4.69) is 18.7 Å². The maximum absolute atomic E-state index is 6.00. The third kappa shape index (κ3) is 4.21. The number of likely N-dealkylation sites (N-methyl/N-ethyl adjacent to an activating group) is 1. The normalized spacial score (nSPS) is 21.7. The van der Waals surface area contributed by atoms with Crippen LogP contribution in [0.3, 0.4) is 0 Å². The lowest BCUT2D eigenvalue weighted by Gasteiger charge is -2.41. The van der Waals surface area contributed by atoms with Gasteiger partial charge in [0.05, 0.1) is 6.61 Å². The highest BCUT2D eigenvalue weighted by atomic mass is 16.5. The van der Waals surface area contributed by atoms with Crippen LogP contribution in [0.4, 0.5) is 0 Å². The molecule has 1 aliphatic rings. The first-order valence-electron chi connectivity index (χ1n) is 6.68. The van der Waals surface area contributed by atoms with Crippen LogP contribution >= 0.6 is 0 Å². The number of rotatable bonds is 7. The van der Waals surface area contributed by atoms with Crippen molar-refractivity contribution in [2.75, 3.05) is 46.6 Å². The summed E-state index contributed by atoms with van der Waals surface area (Å²) in [6.45, 7) is 9.78. The molecule has 1 unspecified atom stereocenters. The quantitative estimate of drug-likeness (QED) is 0.728. The van der Waals surface area contributed by atoms with Gasteiger partial charge in [0, 0.05) is 32.9 Å². The van der Waals surface area contributed by atoms with Crippen LogP contribution in [0.5, 0.6) is 0 Å². The molecule has 0 saturated carbocycles. The second-order valence-electron chi connectivity index (χ2n) is 5.18. The molecule has 0 spiro atoms. The average molecular weight is 244 g/mol. The van der Waals surface area contributed by atoms with Gasteiger partial charge in [-0.3, -0.25) is 4.90 Å². The Bertz CT molecular complexity index is 206. The van der Waals surface area contributed by atoms with Crippen molar-refractivity contribution in [3.63, 3.8) is 0 Å². The summed E-state index contributed by atoms with van der Waals surface area (Å²) < 4.78 is 10.7. The Morgan fingerprint density at radius 1 is 1.41 bits per heavy atom. The zero-order valence-corrected chi connectivity index (χ0v) is 11.6. The Labute approximate surface area is 105 Å². The average Bonchev–Trinajstić information content (AvgIpc) is 2.37. The van der Waals surface area contributed by atoms with Gasteiger partial charge in [0.15, 0.2) is 0 Å². The van der Waals surface area contributed by atoms with E-state index in [1.807, 2.05) is 0 Å². The van der Waals surface area contributed by atoms with Gasteiger partial charge >= 0.3 is 0 Å². The highest BCUT2D eigenvalue weighted by Crippen LogP contribution is 2.30. The molecule has 0 aromatic heterocycles. The summed E-state index contributed by atoms with van der Waals surface area (Å²) >= 11 is 0. The molecule has 0 aliphatic carbocycles. The maximum Gasteiger partial charge on any atom is 0.0615 e. The Morgan fingerprint density at radius 3 is 2.53 bits per heavy atom. The fourth-order valence-corrected chi connectivity index (χ4v) is 2.59. The molecular formula is C13H28N2O2. The van der Waals surface area contributed by atoms with E-state index >= 15 is 0 Å². The minimum atomic E-state index is 0.246. The molecular weight excluding hydrogens is 216 g/mol. The summed E-state index contributed by atoms with van der Waals surface area (Å²) in [5.74, 6) is 0. The van der Waals surface area contributed by atoms with Gasteiger partial charge in [0.25, 0.3) is 0 Å². The van der Waals surface area contributed by atoms with Crippen molar-refractivity contribution in [1.82, 2.24) is 4.90 Å². The molecule has 0 amide bonds. The zero-order chi connectivity index (χ0) is 12.7. The second kappa shape index (κ2) is 7.31. The van der Waals surface area contributed by atoms with Crippen molar-refractivity contribution in [3.8, 4) is 0 Å². The van der Waals surface area contributed by atoms with Gasteiger partial charge in [-0.1, -0.05) is 6.92 Å². The molecule has 1 heterocycles. The summed E-state index contributed by atoms with van der Waals surface area (Å²) in [5, 5.41) is 0. The van der Waals surface area contributed by atoms with E-state index in [4.69, 9.17) is 15.2 Å². The standard InChI is InChI=1S/C13H28N2O2/c1-4-15(12(2)9-16-3)11-13(10-14)5-7-17-8-6-13/h12H,4-11,14H2,1-3H3. The minimum Gasteiger partial charge on any atom is -0.383 e. The Morgan fingerprint density at radius 2 is 2.06 bits per heavy atom. The summed E-state index contributed by atoms with van der Waals surface area (Å²) in [7, 11) is 1.76. The lowest BCUT2D eigenvalue weighted by Crippen LogP contribution is -2.49. The largest absolute Gasteiger partial charge is 0.383 e. The van der Waals surface area contributed by atoms with E-state index in [9.17, 15) is 0 Å². The number of hydrogen-bond donors (Lipinski definition) is 1. The third-order valence-corrected chi connectivity index (χ3v) is 3.96. The number of methoxy groups -OCH3 is 1. The van der Waals surface area contributed by atoms with Crippen molar-refractivity contribution in [3.05, 3.63) is 0 Å². The van der Waals surface area contributed by atoms with E-state index < -0.39 is 0 Å². The van der Waals surface area contributed by atoms with Crippen molar-refractivity contribution in [2.24, 2.45) is 11.1 Å². The predicted molar refractivity (Wildman–Crippen MR) is 70.1 cm³/mol. The fraction of sp³-hybridized carbons (Fsp3) is 1.00. The van der Waals surface area contributed by atoms with Crippen molar-refractivity contribution >= 4 is 0 Å². The van der Waals surface area contributed by atoms with E-state index in [0.29, 0.717) is 6.04 Å². The lowest BCUT2D eigenvalue weighted by atomic mass is 9.79. The van der Waals surface area contributed by atoms with Gasteiger partial charge in [-0.15, -0.1) is 0 Å². The lowest BCUT2D eigenvalue weighted by molar-refractivity contribution is -0.0123.